The van der Waals surface area contributed by atoms with E-state index in [1.807, 2.05) is 54.8 Å². The van der Waals surface area contributed by atoms with Crippen molar-refractivity contribution in [2.45, 2.75) is 16.5 Å². The molecule has 2 aromatic carbocycles. The molecule has 2 heterocycles. The highest BCUT2D eigenvalue weighted by atomic mass is 35.5. The van der Waals surface area contributed by atoms with Crippen LogP contribution in [0.3, 0.4) is 0 Å². The van der Waals surface area contributed by atoms with Crippen LogP contribution in [0.1, 0.15) is 16.8 Å². The molecule has 0 amide bonds. The van der Waals surface area contributed by atoms with Crippen molar-refractivity contribution < 1.29 is 0 Å². The largest absolute Gasteiger partial charge is 0.297 e. The van der Waals surface area contributed by atoms with Crippen molar-refractivity contribution in [2.75, 3.05) is 12.0 Å². The molecule has 1 aliphatic heterocycles. The molecule has 0 saturated carbocycles. The van der Waals surface area contributed by atoms with Crippen LogP contribution in [0.5, 0.6) is 0 Å². The number of benzene rings is 2. The number of aromatic nitrogens is 3. The third-order valence-corrected chi connectivity index (χ3v) is 6.07. The Labute approximate surface area is 169 Å². The van der Waals surface area contributed by atoms with Gasteiger partial charge in [0.15, 0.2) is 0 Å². The van der Waals surface area contributed by atoms with Gasteiger partial charge in [0.25, 0.3) is 5.56 Å². The van der Waals surface area contributed by atoms with E-state index in [4.69, 9.17) is 11.6 Å². The molecule has 0 N–H and O–H groups in total. The van der Waals surface area contributed by atoms with E-state index in [9.17, 15) is 4.79 Å². The Balaban J connectivity index is 1.67. The maximum absolute atomic E-state index is 12.9. The fourth-order valence-corrected chi connectivity index (χ4v) is 4.06. The fraction of sp³-hybridized carbons (Fsp3) is 0.158. The van der Waals surface area contributed by atoms with E-state index in [1.54, 1.807) is 11.8 Å². The second-order valence-corrected chi connectivity index (χ2v) is 8.17. The van der Waals surface area contributed by atoms with E-state index in [0.29, 0.717) is 28.0 Å². The van der Waals surface area contributed by atoms with Crippen molar-refractivity contribution in [3.8, 4) is 0 Å². The maximum atomic E-state index is 12.9. The fourth-order valence-electron chi connectivity index (χ4n) is 2.69. The lowest BCUT2D eigenvalue weighted by Gasteiger charge is -2.15. The minimum Gasteiger partial charge on any atom is -0.265 e. The first-order valence-electron chi connectivity index (χ1n) is 8.22. The first kappa shape index (κ1) is 18.3. The van der Waals surface area contributed by atoms with Crippen molar-refractivity contribution in [1.82, 2.24) is 14.9 Å². The van der Waals surface area contributed by atoms with Gasteiger partial charge in [-0.25, -0.2) is 0 Å². The molecule has 5 nitrogen and oxygen atoms in total. The van der Waals surface area contributed by atoms with Gasteiger partial charge in [-0.3, -0.25) is 4.79 Å². The molecule has 27 heavy (non-hydrogen) atoms. The molecule has 8 heteroatoms. The van der Waals surface area contributed by atoms with Crippen LogP contribution in [-0.4, -0.2) is 32.6 Å². The van der Waals surface area contributed by atoms with Crippen LogP contribution >= 0.6 is 35.1 Å². The average molecular weight is 415 g/mol. The summed E-state index contributed by atoms with van der Waals surface area (Å²) in [4.78, 5) is 14.1. The number of hydrogen-bond donors (Lipinski definition) is 0. The zero-order valence-electron chi connectivity index (χ0n) is 14.4. The summed E-state index contributed by atoms with van der Waals surface area (Å²) in [5, 5.41) is 14.0. The SMILES string of the molecule is CSc1ccc(Cc2nnc3n(c2=O)N=C(c2ccc(Cl)cc2)CS3)cc1. The molecule has 4 rings (SSSR count). The molecule has 0 saturated heterocycles. The monoisotopic (exact) mass is 414 g/mol. The third-order valence-electron chi connectivity index (χ3n) is 4.14. The lowest BCUT2D eigenvalue weighted by atomic mass is 10.1. The third kappa shape index (κ3) is 3.95. The number of thioether (sulfide) groups is 2. The normalized spacial score (nSPS) is 13.2. The molecule has 0 radical (unpaired) electrons. The standard InChI is InChI=1S/C19H15ClN4OS2/c1-26-15-8-2-12(3-9-15)10-16-18(25)24-19(22-21-16)27-11-17(23-24)13-4-6-14(20)7-5-13/h2-9H,10-11H2,1H3. The molecule has 136 valence electrons. The highest BCUT2D eigenvalue weighted by molar-refractivity contribution is 7.99. The summed E-state index contributed by atoms with van der Waals surface area (Å²) in [7, 11) is 0. The molecule has 0 fully saturated rings. The van der Waals surface area contributed by atoms with Gasteiger partial charge < -0.3 is 0 Å². The number of nitrogens with zero attached hydrogens (tertiary/aromatic N) is 4. The van der Waals surface area contributed by atoms with Crippen LogP contribution < -0.4 is 5.56 Å². The number of hydrogen-bond acceptors (Lipinski definition) is 6. The van der Waals surface area contributed by atoms with Gasteiger partial charge in [-0.15, -0.1) is 22.0 Å². The Morgan fingerprint density at radius 3 is 2.56 bits per heavy atom. The molecular weight excluding hydrogens is 400 g/mol. The van der Waals surface area contributed by atoms with E-state index >= 15 is 0 Å². The summed E-state index contributed by atoms with van der Waals surface area (Å²) in [6.45, 7) is 0. The van der Waals surface area contributed by atoms with Crippen LogP contribution in [0.4, 0.5) is 0 Å². The Morgan fingerprint density at radius 2 is 1.85 bits per heavy atom. The van der Waals surface area contributed by atoms with E-state index < -0.39 is 0 Å². The Kier molecular flexibility index (Phi) is 5.33. The quantitative estimate of drug-likeness (QED) is 0.604. The molecule has 0 aliphatic carbocycles. The van der Waals surface area contributed by atoms with Gasteiger partial charge in [0.1, 0.15) is 5.69 Å². The predicted molar refractivity (Wildman–Crippen MR) is 111 cm³/mol. The zero-order valence-corrected chi connectivity index (χ0v) is 16.8. The molecule has 1 aliphatic rings. The van der Waals surface area contributed by atoms with E-state index in [2.05, 4.69) is 15.3 Å². The Hall–Kier alpha value is -2.09. The summed E-state index contributed by atoms with van der Waals surface area (Å²) in [5.41, 5.74) is 2.93. The summed E-state index contributed by atoms with van der Waals surface area (Å²) < 4.78 is 1.36. The van der Waals surface area contributed by atoms with Crippen LogP contribution in [0.15, 0.2) is 68.5 Å². The van der Waals surface area contributed by atoms with Gasteiger partial charge in [-0.2, -0.15) is 9.78 Å². The van der Waals surface area contributed by atoms with Gasteiger partial charge >= 0.3 is 0 Å². The maximum Gasteiger partial charge on any atom is 0.297 e. The highest BCUT2D eigenvalue weighted by Crippen LogP contribution is 2.22. The predicted octanol–water partition coefficient (Wildman–Crippen LogP) is 3.96. The van der Waals surface area contributed by atoms with Gasteiger partial charge in [0.2, 0.25) is 5.16 Å². The van der Waals surface area contributed by atoms with Gasteiger partial charge in [0, 0.05) is 22.1 Å². The lowest BCUT2D eigenvalue weighted by molar-refractivity contribution is 0.622. The van der Waals surface area contributed by atoms with Crippen molar-refractivity contribution >= 4 is 40.8 Å². The summed E-state index contributed by atoms with van der Waals surface area (Å²) in [5.74, 6) is 0.630. The number of fused-ring (bicyclic) bond motifs is 1. The van der Waals surface area contributed by atoms with Crippen LogP contribution in [0.25, 0.3) is 0 Å². The molecule has 0 atom stereocenters. The van der Waals surface area contributed by atoms with Crippen molar-refractivity contribution in [3.63, 3.8) is 0 Å². The number of rotatable bonds is 4. The van der Waals surface area contributed by atoms with Crippen molar-refractivity contribution in [1.29, 1.82) is 0 Å². The van der Waals surface area contributed by atoms with Gasteiger partial charge in [-0.1, -0.05) is 47.6 Å². The second kappa shape index (κ2) is 7.88. The summed E-state index contributed by atoms with van der Waals surface area (Å²) in [6.07, 6.45) is 2.46. The summed E-state index contributed by atoms with van der Waals surface area (Å²) >= 11 is 9.09. The average Bonchev–Trinajstić information content (AvgIpc) is 2.71. The van der Waals surface area contributed by atoms with Crippen LogP contribution in [-0.2, 0) is 6.42 Å². The highest BCUT2D eigenvalue weighted by Gasteiger charge is 2.19. The topological polar surface area (TPSA) is 60.1 Å². The molecular formula is C19H15ClN4OS2. The Morgan fingerprint density at radius 1 is 1.11 bits per heavy atom. The van der Waals surface area contributed by atoms with Crippen LogP contribution in [0, 0.1) is 0 Å². The Bertz CT molecular complexity index is 1060. The zero-order chi connectivity index (χ0) is 18.8. The minimum atomic E-state index is -0.229. The first-order valence-corrected chi connectivity index (χ1v) is 10.8. The molecule has 0 bridgehead atoms. The van der Waals surface area contributed by atoms with Gasteiger partial charge in [0.05, 0.1) is 5.71 Å². The number of halogens is 1. The van der Waals surface area contributed by atoms with E-state index in [0.717, 1.165) is 16.8 Å². The first-order chi connectivity index (χ1) is 13.1. The molecule has 0 spiro atoms. The summed E-state index contributed by atoms with van der Waals surface area (Å²) in [6, 6.07) is 15.5. The van der Waals surface area contributed by atoms with Crippen molar-refractivity contribution in [2.24, 2.45) is 5.10 Å². The smallest absolute Gasteiger partial charge is 0.265 e. The van der Waals surface area contributed by atoms with Crippen LogP contribution in [0.2, 0.25) is 5.02 Å². The van der Waals surface area contributed by atoms with E-state index in [1.165, 1.54) is 21.3 Å². The van der Waals surface area contributed by atoms with Gasteiger partial charge in [-0.05, 0) is 41.6 Å². The molecule has 0 unspecified atom stereocenters. The van der Waals surface area contributed by atoms with E-state index in [-0.39, 0.29) is 5.56 Å². The second-order valence-electron chi connectivity index (χ2n) is 5.91. The van der Waals surface area contributed by atoms with Crippen molar-refractivity contribution in [3.05, 3.63) is 80.7 Å². The lowest BCUT2D eigenvalue weighted by Crippen LogP contribution is -2.29. The minimum absolute atomic E-state index is 0.229. The molecule has 3 aromatic rings. The molecule has 1 aromatic heterocycles.